The van der Waals surface area contributed by atoms with Crippen LogP contribution in [0.3, 0.4) is 0 Å². The van der Waals surface area contributed by atoms with Crippen molar-refractivity contribution in [2.75, 3.05) is 0 Å². The summed E-state index contributed by atoms with van der Waals surface area (Å²) in [5.41, 5.74) is 2.30. The highest BCUT2D eigenvalue weighted by Gasteiger charge is 2.05. The minimum atomic E-state index is -0.266. The Labute approximate surface area is 91.7 Å². The summed E-state index contributed by atoms with van der Waals surface area (Å²) < 4.78 is 0. The fraction of sp³-hybridized carbons (Fsp3) is 0.462. The molecule has 0 aliphatic rings. The van der Waals surface area contributed by atoms with Gasteiger partial charge in [0, 0.05) is 12.4 Å². The van der Waals surface area contributed by atoms with Crippen LogP contribution < -0.4 is 0 Å². The molecule has 1 heterocycles. The fourth-order valence-corrected chi connectivity index (χ4v) is 1.46. The molecule has 0 aromatic carbocycles. The van der Waals surface area contributed by atoms with E-state index in [0.29, 0.717) is 0 Å². The first-order chi connectivity index (χ1) is 7.22. The van der Waals surface area contributed by atoms with Gasteiger partial charge in [0.25, 0.3) is 0 Å². The number of aliphatic hydroxyl groups is 1. The van der Waals surface area contributed by atoms with Crippen molar-refractivity contribution >= 4 is 0 Å². The molecule has 0 saturated carbocycles. The maximum absolute atomic E-state index is 9.73. The van der Waals surface area contributed by atoms with Gasteiger partial charge in [0.15, 0.2) is 0 Å². The third-order valence-electron chi connectivity index (χ3n) is 2.51. The van der Waals surface area contributed by atoms with Crippen LogP contribution in [-0.4, -0.2) is 16.2 Å². The van der Waals surface area contributed by atoms with Crippen LogP contribution >= 0.6 is 0 Å². The van der Waals surface area contributed by atoms with E-state index in [1.165, 1.54) is 5.56 Å². The second-order valence-electron chi connectivity index (χ2n) is 3.86. The fourth-order valence-electron chi connectivity index (χ4n) is 1.46. The van der Waals surface area contributed by atoms with Crippen molar-refractivity contribution in [3.8, 4) is 0 Å². The van der Waals surface area contributed by atoms with Gasteiger partial charge in [-0.2, -0.15) is 0 Å². The number of hydrogen-bond donors (Lipinski definition) is 1. The van der Waals surface area contributed by atoms with E-state index in [0.717, 1.165) is 31.3 Å². The molecule has 0 bridgehead atoms. The van der Waals surface area contributed by atoms with Crippen molar-refractivity contribution in [1.29, 1.82) is 0 Å². The van der Waals surface area contributed by atoms with E-state index >= 15 is 0 Å². The summed E-state index contributed by atoms with van der Waals surface area (Å²) in [6, 6.07) is 3.96. The molecule has 2 heteroatoms. The first-order valence-electron chi connectivity index (χ1n) is 5.46. The van der Waals surface area contributed by atoms with Crippen molar-refractivity contribution < 1.29 is 5.11 Å². The molecule has 1 aromatic rings. The molecule has 0 aliphatic carbocycles. The quantitative estimate of drug-likeness (QED) is 0.724. The van der Waals surface area contributed by atoms with Crippen molar-refractivity contribution in [3.63, 3.8) is 0 Å². The summed E-state index contributed by atoms with van der Waals surface area (Å²) in [5, 5.41) is 9.73. The number of aliphatic hydroxyl groups excluding tert-OH is 1. The number of rotatable bonds is 6. The Kier molecular flexibility index (Phi) is 5.05. The maximum atomic E-state index is 9.73. The van der Waals surface area contributed by atoms with Crippen LogP contribution in [0.4, 0.5) is 0 Å². The lowest BCUT2D eigenvalue weighted by Gasteiger charge is -2.11. The Morgan fingerprint density at radius 2 is 2.40 bits per heavy atom. The van der Waals surface area contributed by atoms with Gasteiger partial charge >= 0.3 is 0 Å². The van der Waals surface area contributed by atoms with Crippen LogP contribution in [0.2, 0.25) is 0 Å². The molecule has 0 fully saturated rings. The highest BCUT2D eigenvalue weighted by molar-refractivity contribution is 5.08. The number of hydrogen-bond acceptors (Lipinski definition) is 2. The van der Waals surface area contributed by atoms with E-state index in [2.05, 4.69) is 18.5 Å². The molecule has 1 aromatic heterocycles. The van der Waals surface area contributed by atoms with E-state index in [-0.39, 0.29) is 6.10 Å². The van der Waals surface area contributed by atoms with Crippen LogP contribution in [0, 0.1) is 0 Å². The van der Waals surface area contributed by atoms with Crippen molar-refractivity contribution in [1.82, 2.24) is 4.98 Å². The van der Waals surface area contributed by atoms with E-state index in [4.69, 9.17) is 0 Å². The molecule has 82 valence electrons. The summed E-state index contributed by atoms with van der Waals surface area (Å²) in [7, 11) is 0. The highest BCUT2D eigenvalue weighted by Crippen LogP contribution is 2.12. The zero-order valence-corrected chi connectivity index (χ0v) is 9.32. The van der Waals surface area contributed by atoms with Crippen molar-refractivity contribution in [2.45, 2.75) is 38.7 Å². The molecule has 1 atom stereocenters. The molecule has 0 aliphatic heterocycles. The smallest absolute Gasteiger partial charge is 0.0580 e. The van der Waals surface area contributed by atoms with E-state index in [1.54, 1.807) is 6.20 Å². The molecular weight excluding hydrogens is 186 g/mol. The van der Waals surface area contributed by atoms with Gasteiger partial charge in [0.2, 0.25) is 0 Å². The van der Waals surface area contributed by atoms with Gasteiger partial charge in [0.1, 0.15) is 0 Å². The molecule has 1 rings (SSSR count). The summed E-state index contributed by atoms with van der Waals surface area (Å²) in [4.78, 5) is 4.04. The predicted molar refractivity (Wildman–Crippen MR) is 62.6 cm³/mol. The predicted octanol–water partition coefficient (Wildman–Crippen LogP) is 2.73. The monoisotopic (exact) mass is 205 g/mol. The molecule has 1 N–H and O–H groups in total. The molecule has 0 radical (unpaired) electrons. The average Bonchev–Trinajstić information content (AvgIpc) is 2.27. The Hall–Kier alpha value is -1.15. The molecule has 1 unspecified atom stereocenters. The van der Waals surface area contributed by atoms with Gasteiger partial charge in [0.05, 0.1) is 6.10 Å². The Balaban J connectivity index is 2.28. The Morgan fingerprint density at radius 1 is 1.60 bits per heavy atom. The van der Waals surface area contributed by atoms with Crippen LogP contribution in [-0.2, 0) is 6.42 Å². The standard InChI is InChI=1S/C13H19NO/c1-3-11(2)9-13(15)7-6-12-5-4-8-14-10-12/h4-5,8,10,13,15H,2-3,6-7,9H2,1H3. The number of pyridine rings is 1. The SMILES string of the molecule is C=C(CC)CC(O)CCc1cccnc1. The molecule has 0 amide bonds. The van der Waals surface area contributed by atoms with Gasteiger partial charge in [-0.05, 0) is 37.3 Å². The number of aromatic nitrogens is 1. The van der Waals surface area contributed by atoms with Gasteiger partial charge in [-0.15, -0.1) is 0 Å². The minimum Gasteiger partial charge on any atom is -0.393 e. The number of nitrogens with zero attached hydrogens (tertiary/aromatic N) is 1. The lowest BCUT2D eigenvalue weighted by molar-refractivity contribution is 0.164. The summed E-state index contributed by atoms with van der Waals surface area (Å²) >= 11 is 0. The zero-order valence-electron chi connectivity index (χ0n) is 9.32. The zero-order chi connectivity index (χ0) is 11.1. The molecular formula is C13H19NO. The summed E-state index contributed by atoms with van der Waals surface area (Å²) in [6.07, 6.45) is 6.68. The van der Waals surface area contributed by atoms with Crippen LogP contribution in [0.25, 0.3) is 0 Å². The van der Waals surface area contributed by atoms with E-state index < -0.39 is 0 Å². The van der Waals surface area contributed by atoms with Gasteiger partial charge in [-0.1, -0.05) is 25.1 Å². The molecule has 0 saturated heterocycles. The normalized spacial score (nSPS) is 12.4. The Morgan fingerprint density at radius 3 is 3.00 bits per heavy atom. The number of aryl methyl sites for hydroxylation is 1. The van der Waals surface area contributed by atoms with E-state index in [1.807, 2.05) is 18.3 Å². The first-order valence-corrected chi connectivity index (χ1v) is 5.46. The second-order valence-corrected chi connectivity index (χ2v) is 3.86. The lowest BCUT2D eigenvalue weighted by atomic mass is 10.0. The van der Waals surface area contributed by atoms with Crippen LogP contribution in [0.15, 0.2) is 36.7 Å². The summed E-state index contributed by atoms with van der Waals surface area (Å²) in [6.45, 7) is 5.96. The third kappa shape index (κ3) is 4.75. The van der Waals surface area contributed by atoms with E-state index in [9.17, 15) is 5.11 Å². The van der Waals surface area contributed by atoms with Gasteiger partial charge < -0.3 is 5.11 Å². The molecule has 0 spiro atoms. The second kappa shape index (κ2) is 6.36. The minimum absolute atomic E-state index is 0.266. The van der Waals surface area contributed by atoms with Crippen molar-refractivity contribution in [3.05, 3.63) is 42.2 Å². The van der Waals surface area contributed by atoms with Crippen LogP contribution in [0.1, 0.15) is 31.7 Å². The van der Waals surface area contributed by atoms with Gasteiger partial charge in [-0.3, -0.25) is 4.98 Å². The first kappa shape index (κ1) is 11.9. The molecule has 2 nitrogen and oxygen atoms in total. The third-order valence-corrected chi connectivity index (χ3v) is 2.51. The van der Waals surface area contributed by atoms with Crippen LogP contribution in [0.5, 0.6) is 0 Å². The summed E-state index contributed by atoms with van der Waals surface area (Å²) in [5.74, 6) is 0. The van der Waals surface area contributed by atoms with Crippen molar-refractivity contribution in [2.24, 2.45) is 0 Å². The largest absolute Gasteiger partial charge is 0.393 e. The van der Waals surface area contributed by atoms with Gasteiger partial charge in [-0.25, -0.2) is 0 Å². The topological polar surface area (TPSA) is 33.1 Å². The molecule has 15 heavy (non-hydrogen) atoms. The Bertz CT molecular complexity index is 295. The average molecular weight is 205 g/mol. The highest BCUT2D eigenvalue weighted by atomic mass is 16.3. The maximum Gasteiger partial charge on any atom is 0.0580 e. The lowest BCUT2D eigenvalue weighted by Crippen LogP contribution is -2.08.